The Hall–Kier alpha value is -2.87. The molecule has 1 aliphatic heterocycles. The minimum atomic E-state index is -1.54. The molecule has 2 aromatic carbocycles. The van der Waals surface area contributed by atoms with Crippen molar-refractivity contribution in [2.24, 2.45) is 0 Å². The molecule has 1 fully saturated rings. The fourth-order valence-corrected chi connectivity index (χ4v) is 2.69. The van der Waals surface area contributed by atoms with Gasteiger partial charge in [0.25, 0.3) is 5.91 Å². The second-order valence-electron chi connectivity index (χ2n) is 5.78. The number of carbonyl (C=O) groups excluding carboxylic acids is 1. The fraction of sp³-hybridized carbons (Fsp3) is 0.222. The zero-order valence-electron chi connectivity index (χ0n) is 13.4. The second-order valence-corrected chi connectivity index (χ2v) is 5.78. The molecule has 0 aliphatic carbocycles. The van der Waals surface area contributed by atoms with Crippen LogP contribution in [0.15, 0.2) is 36.4 Å². The summed E-state index contributed by atoms with van der Waals surface area (Å²) in [7, 11) is 0. The van der Waals surface area contributed by atoms with Gasteiger partial charge in [-0.1, -0.05) is 12.1 Å². The quantitative estimate of drug-likeness (QED) is 0.850. The summed E-state index contributed by atoms with van der Waals surface area (Å²) in [5, 5.41) is 8.98. The van der Waals surface area contributed by atoms with E-state index in [1.165, 1.54) is 29.2 Å². The molecule has 1 saturated heterocycles. The van der Waals surface area contributed by atoms with Crippen molar-refractivity contribution in [2.75, 3.05) is 19.7 Å². The Kier molecular flexibility index (Phi) is 4.94. The number of aliphatic carboxylic acids is 1. The maximum atomic E-state index is 13.3. The van der Waals surface area contributed by atoms with Gasteiger partial charge in [-0.2, -0.15) is 0 Å². The van der Waals surface area contributed by atoms with Crippen molar-refractivity contribution in [1.82, 2.24) is 4.90 Å². The molecule has 2 aromatic rings. The number of ether oxygens (including phenoxy) is 1. The van der Waals surface area contributed by atoms with Crippen LogP contribution in [0, 0.1) is 17.5 Å². The second kappa shape index (κ2) is 7.17. The molecule has 8 heteroatoms. The van der Waals surface area contributed by atoms with Crippen LogP contribution in [0.2, 0.25) is 0 Å². The van der Waals surface area contributed by atoms with Crippen LogP contribution >= 0.6 is 0 Å². The van der Waals surface area contributed by atoms with E-state index in [4.69, 9.17) is 9.84 Å². The summed E-state index contributed by atoms with van der Waals surface area (Å²) in [6, 6.07) is 7.62. The summed E-state index contributed by atoms with van der Waals surface area (Å²) in [4.78, 5) is 24.8. The first-order chi connectivity index (χ1) is 12.4. The molecule has 1 atom stereocenters. The molecule has 3 rings (SSSR count). The van der Waals surface area contributed by atoms with Gasteiger partial charge in [-0.15, -0.1) is 0 Å². The molecule has 1 aliphatic rings. The third kappa shape index (κ3) is 3.55. The van der Waals surface area contributed by atoms with E-state index in [9.17, 15) is 22.8 Å². The number of carbonyl (C=O) groups is 2. The van der Waals surface area contributed by atoms with Gasteiger partial charge in [0.1, 0.15) is 0 Å². The molecule has 136 valence electrons. The highest BCUT2D eigenvalue weighted by Gasteiger charge is 2.29. The van der Waals surface area contributed by atoms with Gasteiger partial charge in [-0.25, -0.2) is 18.0 Å². The number of halogens is 3. The van der Waals surface area contributed by atoms with E-state index in [1.54, 1.807) is 0 Å². The predicted molar refractivity (Wildman–Crippen MR) is 85.0 cm³/mol. The number of hydrogen-bond donors (Lipinski definition) is 1. The minimum absolute atomic E-state index is 0.0652. The van der Waals surface area contributed by atoms with Gasteiger partial charge in [0.15, 0.2) is 23.6 Å². The molecule has 0 aromatic heterocycles. The third-order valence-corrected chi connectivity index (χ3v) is 4.08. The Labute approximate surface area is 146 Å². The summed E-state index contributed by atoms with van der Waals surface area (Å²) in [6.07, 6.45) is -1.07. The summed E-state index contributed by atoms with van der Waals surface area (Å²) in [5.41, 5.74) is 0.838. The van der Waals surface area contributed by atoms with Crippen LogP contribution < -0.4 is 0 Å². The first-order valence-electron chi connectivity index (χ1n) is 7.75. The highest BCUT2D eigenvalue weighted by molar-refractivity contribution is 5.95. The van der Waals surface area contributed by atoms with Gasteiger partial charge in [0.05, 0.1) is 13.2 Å². The van der Waals surface area contributed by atoms with E-state index in [1.807, 2.05) is 0 Å². The van der Waals surface area contributed by atoms with Crippen LogP contribution in [0.25, 0.3) is 11.1 Å². The van der Waals surface area contributed by atoms with E-state index < -0.39 is 29.5 Å². The monoisotopic (exact) mass is 365 g/mol. The van der Waals surface area contributed by atoms with Crippen LogP contribution in [0.5, 0.6) is 0 Å². The number of morpholine rings is 1. The van der Waals surface area contributed by atoms with Gasteiger partial charge in [-0.3, -0.25) is 4.79 Å². The van der Waals surface area contributed by atoms with Crippen LogP contribution in [0.3, 0.4) is 0 Å². The summed E-state index contributed by atoms with van der Waals surface area (Å²) >= 11 is 0. The smallest absolute Gasteiger partial charge is 0.334 e. The normalized spacial score (nSPS) is 17.2. The maximum Gasteiger partial charge on any atom is 0.334 e. The Morgan fingerprint density at radius 2 is 1.65 bits per heavy atom. The number of rotatable bonds is 3. The average Bonchev–Trinajstić information content (AvgIpc) is 2.65. The lowest BCUT2D eigenvalue weighted by Gasteiger charge is -2.30. The fourth-order valence-electron chi connectivity index (χ4n) is 2.69. The van der Waals surface area contributed by atoms with Crippen molar-refractivity contribution in [1.29, 1.82) is 0 Å². The SMILES string of the molecule is O=C(O)[C@@H]1CN(C(=O)c2ccc(-c3cc(F)c(F)c(F)c3)cc2)CCO1. The molecule has 26 heavy (non-hydrogen) atoms. The van der Waals surface area contributed by atoms with Gasteiger partial charge in [-0.05, 0) is 35.4 Å². The number of hydrogen-bond acceptors (Lipinski definition) is 3. The third-order valence-electron chi connectivity index (χ3n) is 4.08. The molecule has 0 unspecified atom stereocenters. The number of benzene rings is 2. The lowest BCUT2D eigenvalue weighted by Crippen LogP contribution is -2.48. The van der Waals surface area contributed by atoms with Crippen LogP contribution in [-0.4, -0.2) is 47.7 Å². The molecule has 1 amide bonds. The molecule has 0 radical (unpaired) electrons. The summed E-state index contributed by atoms with van der Waals surface area (Å²) in [5.74, 6) is -5.65. The van der Waals surface area contributed by atoms with E-state index >= 15 is 0 Å². The Balaban J connectivity index is 1.79. The van der Waals surface area contributed by atoms with Gasteiger partial charge < -0.3 is 14.7 Å². The first kappa shape index (κ1) is 17.9. The Bertz CT molecular complexity index is 831. The van der Waals surface area contributed by atoms with Gasteiger partial charge in [0.2, 0.25) is 0 Å². The molecule has 0 saturated carbocycles. The lowest BCUT2D eigenvalue weighted by molar-refractivity contribution is -0.154. The van der Waals surface area contributed by atoms with Crippen molar-refractivity contribution in [3.05, 3.63) is 59.4 Å². The topological polar surface area (TPSA) is 66.8 Å². The highest BCUT2D eigenvalue weighted by Crippen LogP contribution is 2.24. The van der Waals surface area contributed by atoms with Crippen LogP contribution in [0.4, 0.5) is 13.2 Å². The summed E-state index contributed by atoms with van der Waals surface area (Å²) < 4.78 is 44.8. The van der Waals surface area contributed by atoms with E-state index in [0.29, 0.717) is 11.1 Å². The zero-order chi connectivity index (χ0) is 18.8. The van der Waals surface area contributed by atoms with Crippen molar-refractivity contribution >= 4 is 11.9 Å². The molecule has 1 N–H and O–H groups in total. The van der Waals surface area contributed by atoms with E-state index in [2.05, 4.69) is 0 Å². The van der Waals surface area contributed by atoms with Crippen molar-refractivity contribution < 1.29 is 32.6 Å². The van der Waals surface area contributed by atoms with Crippen LogP contribution in [0.1, 0.15) is 10.4 Å². The van der Waals surface area contributed by atoms with E-state index in [0.717, 1.165) is 12.1 Å². The number of carboxylic acids is 1. The standard InChI is InChI=1S/C18H14F3NO4/c19-13-7-12(8-14(20)16(13)21)10-1-3-11(4-2-10)17(23)22-5-6-26-15(9-22)18(24)25/h1-4,7-8,15H,5-6,9H2,(H,24,25)/t15-/m0/s1. The number of nitrogens with zero attached hydrogens (tertiary/aromatic N) is 1. The predicted octanol–water partition coefficient (Wildman–Crippen LogP) is 2.70. The van der Waals surface area contributed by atoms with Crippen molar-refractivity contribution in [3.8, 4) is 11.1 Å². The van der Waals surface area contributed by atoms with Crippen LogP contribution in [-0.2, 0) is 9.53 Å². The Morgan fingerprint density at radius 1 is 1.04 bits per heavy atom. The van der Waals surface area contributed by atoms with Crippen molar-refractivity contribution in [3.63, 3.8) is 0 Å². The zero-order valence-corrected chi connectivity index (χ0v) is 13.4. The van der Waals surface area contributed by atoms with E-state index in [-0.39, 0.29) is 31.2 Å². The molecule has 0 bridgehead atoms. The molecule has 5 nitrogen and oxygen atoms in total. The molecule has 0 spiro atoms. The first-order valence-corrected chi connectivity index (χ1v) is 7.75. The number of carboxylic acid groups (broad SMARTS) is 1. The van der Waals surface area contributed by atoms with Gasteiger partial charge >= 0.3 is 5.97 Å². The largest absolute Gasteiger partial charge is 0.479 e. The summed E-state index contributed by atoms with van der Waals surface area (Å²) in [6.45, 7) is 0.317. The minimum Gasteiger partial charge on any atom is -0.479 e. The molecular formula is C18H14F3NO4. The molecule has 1 heterocycles. The Morgan fingerprint density at radius 3 is 2.23 bits per heavy atom. The van der Waals surface area contributed by atoms with Crippen molar-refractivity contribution in [2.45, 2.75) is 6.10 Å². The number of amides is 1. The lowest BCUT2D eigenvalue weighted by atomic mass is 10.0. The van der Waals surface area contributed by atoms with Gasteiger partial charge in [0, 0.05) is 12.1 Å². The average molecular weight is 365 g/mol. The highest BCUT2D eigenvalue weighted by atomic mass is 19.2. The molecular weight excluding hydrogens is 351 g/mol. The maximum absolute atomic E-state index is 13.3.